The normalized spacial score (nSPS) is 12.5. The first-order valence-electron chi connectivity index (χ1n) is 6.24. The molecule has 0 aliphatic heterocycles. The molecule has 1 unspecified atom stereocenters. The van der Waals surface area contributed by atoms with Crippen LogP contribution in [0.15, 0.2) is 47.8 Å². The van der Waals surface area contributed by atoms with Crippen molar-refractivity contribution in [3.05, 3.63) is 58.3 Å². The lowest BCUT2D eigenvalue weighted by Crippen LogP contribution is -2.34. The molecule has 1 N–H and O–H groups in total. The molecule has 0 aliphatic carbocycles. The van der Waals surface area contributed by atoms with Gasteiger partial charge in [-0.25, -0.2) is 0 Å². The van der Waals surface area contributed by atoms with Gasteiger partial charge < -0.3 is 5.32 Å². The van der Waals surface area contributed by atoms with Crippen molar-refractivity contribution in [1.82, 2.24) is 5.32 Å². The van der Waals surface area contributed by atoms with Crippen LogP contribution in [0.4, 0.5) is 0 Å². The summed E-state index contributed by atoms with van der Waals surface area (Å²) in [6.45, 7) is 0.991. The summed E-state index contributed by atoms with van der Waals surface area (Å²) < 4.78 is 0. The second-order valence-corrected chi connectivity index (χ2v) is 5.67. The molecule has 1 nitrogen and oxygen atoms in total. The van der Waals surface area contributed by atoms with Crippen molar-refractivity contribution >= 4 is 22.9 Å². The monoisotopic (exact) mass is 279 g/mol. The zero-order valence-electron chi connectivity index (χ0n) is 10.3. The van der Waals surface area contributed by atoms with Gasteiger partial charge in [-0.2, -0.15) is 0 Å². The summed E-state index contributed by atoms with van der Waals surface area (Å²) in [7, 11) is 0. The molecule has 1 aromatic carbocycles. The van der Waals surface area contributed by atoms with Crippen molar-refractivity contribution in [2.24, 2.45) is 0 Å². The van der Waals surface area contributed by atoms with Crippen molar-refractivity contribution in [3.8, 4) is 0 Å². The Hall–Kier alpha value is -0.830. The molecule has 0 saturated carbocycles. The summed E-state index contributed by atoms with van der Waals surface area (Å²) in [5.74, 6) is 0.652. The molecule has 0 bridgehead atoms. The highest BCUT2D eigenvalue weighted by Gasteiger charge is 2.07. The van der Waals surface area contributed by atoms with Crippen molar-refractivity contribution in [2.45, 2.75) is 18.9 Å². The fraction of sp³-hybridized carbons (Fsp3) is 0.333. The molecule has 1 atom stereocenters. The van der Waals surface area contributed by atoms with Gasteiger partial charge in [0.1, 0.15) is 0 Å². The van der Waals surface area contributed by atoms with Crippen LogP contribution >= 0.6 is 22.9 Å². The van der Waals surface area contributed by atoms with E-state index in [0.717, 1.165) is 19.4 Å². The van der Waals surface area contributed by atoms with Gasteiger partial charge in [0.05, 0.1) is 0 Å². The van der Waals surface area contributed by atoms with Crippen LogP contribution in [0.2, 0.25) is 0 Å². The van der Waals surface area contributed by atoms with E-state index in [2.05, 4.69) is 47.1 Å². The largest absolute Gasteiger partial charge is 0.312 e. The van der Waals surface area contributed by atoms with Gasteiger partial charge in [0.25, 0.3) is 0 Å². The van der Waals surface area contributed by atoms with Gasteiger partial charge in [0.2, 0.25) is 0 Å². The Bertz CT molecular complexity index is 427. The fourth-order valence-electron chi connectivity index (χ4n) is 1.93. The zero-order valence-corrected chi connectivity index (χ0v) is 11.9. The maximum absolute atomic E-state index is 6.02. The van der Waals surface area contributed by atoms with E-state index in [4.69, 9.17) is 11.6 Å². The predicted octanol–water partition coefficient (Wildman–Crippen LogP) is 3.73. The minimum atomic E-state index is 0.356. The fourth-order valence-corrected chi connectivity index (χ4v) is 2.86. The molecule has 0 saturated heterocycles. The third-order valence-electron chi connectivity index (χ3n) is 2.90. The average molecular weight is 280 g/mol. The smallest absolute Gasteiger partial charge is 0.0380 e. The highest BCUT2D eigenvalue weighted by atomic mass is 35.5. The molecular formula is C15H18ClNS. The molecule has 0 radical (unpaired) electrons. The molecule has 1 aromatic heterocycles. The van der Waals surface area contributed by atoms with Gasteiger partial charge >= 0.3 is 0 Å². The van der Waals surface area contributed by atoms with Gasteiger partial charge in [0, 0.05) is 23.3 Å². The van der Waals surface area contributed by atoms with Gasteiger partial charge in [-0.3, -0.25) is 0 Å². The van der Waals surface area contributed by atoms with E-state index in [1.165, 1.54) is 10.4 Å². The lowest BCUT2D eigenvalue weighted by atomic mass is 10.1. The Balaban J connectivity index is 1.75. The van der Waals surface area contributed by atoms with E-state index < -0.39 is 0 Å². The number of nitrogens with one attached hydrogen (secondary N) is 1. The SMILES string of the molecule is ClCC(Cc1ccccc1)NCCc1cccs1. The summed E-state index contributed by atoms with van der Waals surface area (Å²) in [6, 6.07) is 15.1. The van der Waals surface area contributed by atoms with E-state index in [1.807, 2.05) is 17.4 Å². The molecule has 3 heteroatoms. The molecule has 0 spiro atoms. The lowest BCUT2D eigenvalue weighted by Gasteiger charge is -2.15. The Morgan fingerprint density at radius 1 is 1.11 bits per heavy atom. The van der Waals surface area contributed by atoms with Crippen LogP contribution in [0, 0.1) is 0 Å². The van der Waals surface area contributed by atoms with Crippen LogP contribution in [-0.2, 0) is 12.8 Å². The molecular weight excluding hydrogens is 262 g/mol. The molecule has 0 aliphatic rings. The van der Waals surface area contributed by atoms with Crippen LogP contribution in [0.3, 0.4) is 0 Å². The van der Waals surface area contributed by atoms with Gasteiger partial charge in [-0.05, 0) is 29.9 Å². The highest BCUT2D eigenvalue weighted by Crippen LogP contribution is 2.09. The topological polar surface area (TPSA) is 12.0 Å². The Kier molecular flexibility index (Phi) is 5.72. The van der Waals surface area contributed by atoms with E-state index >= 15 is 0 Å². The van der Waals surface area contributed by atoms with E-state index in [9.17, 15) is 0 Å². The van der Waals surface area contributed by atoms with E-state index in [1.54, 1.807) is 0 Å². The summed E-state index contributed by atoms with van der Waals surface area (Å²) in [6.07, 6.45) is 2.08. The minimum absolute atomic E-state index is 0.356. The van der Waals surface area contributed by atoms with E-state index in [-0.39, 0.29) is 0 Å². The van der Waals surface area contributed by atoms with Crippen LogP contribution in [0.5, 0.6) is 0 Å². The third kappa shape index (κ3) is 4.45. The van der Waals surface area contributed by atoms with Gasteiger partial charge in [-0.1, -0.05) is 36.4 Å². The van der Waals surface area contributed by atoms with Gasteiger partial charge in [-0.15, -0.1) is 22.9 Å². The second-order valence-electron chi connectivity index (χ2n) is 4.32. The summed E-state index contributed by atoms with van der Waals surface area (Å²) in [5.41, 5.74) is 1.34. The third-order valence-corrected chi connectivity index (χ3v) is 4.20. The number of thiophene rings is 1. The number of benzene rings is 1. The molecule has 0 amide bonds. The van der Waals surface area contributed by atoms with Gasteiger partial charge in [0.15, 0.2) is 0 Å². The van der Waals surface area contributed by atoms with Crippen molar-refractivity contribution in [3.63, 3.8) is 0 Å². The van der Waals surface area contributed by atoms with E-state index in [0.29, 0.717) is 11.9 Å². The van der Waals surface area contributed by atoms with Crippen molar-refractivity contribution in [2.75, 3.05) is 12.4 Å². The number of rotatable bonds is 7. The van der Waals surface area contributed by atoms with Crippen molar-refractivity contribution in [1.29, 1.82) is 0 Å². The molecule has 2 aromatic rings. The number of hydrogen-bond donors (Lipinski definition) is 1. The van der Waals surface area contributed by atoms with Crippen molar-refractivity contribution < 1.29 is 0 Å². The Morgan fingerprint density at radius 3 is 2.61 bits per heavy atom. The van der Waals surface area contributed by atoms with Crippen LogP contribution in [0.25, 0.3) is 0 Å². The molecule has 96 valence electrons. The lowest BCUT2D eigenvalue weighted by molar-refractivity contribution is 0.554. The highest BCUT2D eigenvalue weighted by molar-refractivity contribution is 7.09. The summed E-state index contributed by atoms with van der Waals surface area (Å²) in [4.78, 5) is 1.43. The van der Waals surface area contributed by atoms with Crippen LogP contribution in [0.1, 0.15) is 10.4 Å². The molecule has 0 fully saturated rings. The molecule has 18 heavy (non-hydrogen) atoms. The standard InChI is InChI=1S/C15H18ClNS/c16-12-14(11-13-5-2-1-3-6-13)17-9-8-15-7-4-10-18-15/h1-7,10,14,17H,8-9,11-12H2. The summed E-state index contributed by atoms with van der Waals surface area (Å²) in [5, 5.41) is 5.65. The molecule has 2 rings (SSSR count). The molecule has 1 heterocycles. The number of halogens is 1. The first-order valence-corrected chi connectivity index (χ1v) is 7.65. The maximum Gasteiger partial charge on any atom is 0.0380 e. The average Bonchev–Trinajstić information content (AvgIpc) is 2.92. The first-order chi connectivity index (χ1) is 8.88. The minimum Gasteiger partial charge on any atom is -0.312 e. The quantitative estimate of drug-likeness (QED) is 0.762. The maximum atomic E-state index is 6.02. The Morgan fingerprint density at radius 2 is 1.94 bits per heavy atom. The summed E-state index contributed by atoms with van der Waals surface area (Å²) >= 11 is 7.83. The number of hydrogen-bond acceptors (Lipinski definition) is 2. The first kappa shape index (κ1) is 13.6. The Labute approximate surface area is 118 Å². The van der Waals surface area contributed by atoms with Crippen LogP contribution in [-0.4, -0.2) is 18.5 Å². The van der Waals surface area contributed by atoms with Crippen LogP contribution < -0.4 is 5.32 Å². The zero-order chi connectivity index (χ0) is 12.6. The predicted molar refractivity (Wildman–Crippen MR) is 80.7 cm³/mol. The number of alkyl halides is 1. The second kappa shape index (κ2) is 7.57.